The topological polar surface area (TPSA) is 76.1 Å². The van der Waals surface area contributed by atoms with E-state index in [0.717, 1.165) is 16.9 Å². The molecule has 27 heavy (non-hydrogen) atoms. The highest BCUT2D eigenvalue weighted by atomic mass is 16.5. The molecule has 0 atom stereocenters. The van der Waals surface area contributed by atoms with Crippen molar-refractivity contribution in [2.75, 3.05) is 17.7 Å². The Bertz CT molecular complexity index is 986. The standard InChI is InChI=1S/C21H22N4O2/c1-13-8-9-18(14(2)10-13)24-19-11-15(3)22-21(25-19)23-17-7-5-6-16(12-17)20(26)27-4/h5-12H,1-4H3,(H2,22,23,24,25). The third kappa shape index (κ3) is 4.61. The van der Waals surface area contributed by atoms with Gasteiger partial charge in [-0.05, 0) is 50.6 Å². The molecule has 3 rings (SSSR count). The van der Waals surface area contributed by atoms with E-state index >= 15 is 0 Å². The number of carbonyl (C=O) groups excluding carboxylic acids is 1. The summed E-state index contributed by atoms with van der Waals surface area (Å²) in [6.45, 7) is 6.03. The summed E-state index contributed by atoms with van der Waals surface area (Å²) < 4.78 is 4.76. The normalized spacial score (nSPS) is 10.4. The SMILES string of the molecule is COC(=O)c1cccc(Nc2nc(C)cc(Nc3ccc(C)cc3C)n2)c1. The number of anilines is 4. The van der Waals surface area contributed by atoms with Gasteiger partial charge in [-0.1, -0.05) is 23.8 Å². The van der Waals surface area contributed by atoms with Crippen molar-refractivity contribution < 1.29 is 9.53 Å². The Hall–Kier alpha value is -3.41. The predicted octanol–water partition coefficient (Wildman–Crippen LogP) is 4.68. The summed E-state index contributed by atoms with van der Waals surface area (Å²) in [5, 5.41) is 6.48. The minimum absolute atomic E-state index is 0.388. The van der Waals surface area contributed by atoms with Crippen molar-refractivity contribution in [2.24, 2.45) is 0 Å². The molecule has 0 aliphatic carbocycles. The average Bonchev–Trinajstić information content (AvgIpc) is 2.63. The molecule has 0 radical (unpaired) electrons. The smallest absolute Gasteiger partial charge is 0.337 e. The van der Waals surface area contributed by atoms with Crippen molar-refractivity contribution in [3.05, 3.63) is 70.9 Å². The van der Waals surface area contributed by atoms with Crippen molar-refractivity contribution in [3.63, 3.8) is 0 Å². The van der Waals surface area contributed by atoms with Crippen LogP contribution in [0.3, 0.4) is 0 Å². The van der Waals surface area contributed by atoms with Gasteiger partial charge in [0.05, 0.1) is 12.7 Å². The fourth-order valence-corrected chi connectivity index (χ4v) is 2.75. The largest absolute Gasteiger partial charge is 0.465 e. The Morgan fingerprint density at radius 3 is 2.52 bits per heavy atom. The molecule has 3 aromatic rings. The van der Waals surface area contributed by atoms with E-state index in [1.54, 1.807) is 18.2 Å². The van der Waals surface area contributed by atoms with E-state index in [1.807, 2.05) is 25.1 Å². The van der Waals surface area contributed by atoms with Crippen LogP contribution in [0.1, 0.15) is 27.2 Å². The molecule has 2 aromatic carbocycles. The van der Waals surface area contributed by atoms with Gasteiger partial charge in [-0.25, -0.2) is 9.78 Å². The lowest BCUT2D eigenvalue weighted by Crippen LogP contribution is -2.05. The molecule has 6 nitrogen and oxygen atoms in total. The lowest BCUT2D eigenvalue weighted by molar-refractivity contribution is 0.0601. The molecule has 0 unspecified atom stereocenters. The van der Waals surface area contributed by atoms with Crippen LogP contribution in [-0.4, -0.2) is 23.0 Å². The van der Waals surface area contributed by atoms with Crippen molar-refractivity contribution in [1.82, 2.24) is 9.97 Å². The molecule has 2 N–H and O–H groups in total. The Labute approximate surface area is 158 Å². The van der Waals surface area contributed by atoms with Gasteiger partial charge in [0.1, 0.15) is 5.82 Å². The van der Waals surface area contributed by atoms with Crippen LogP contribution in [0.5, 0.6) is 0 Å². The summed E-state index contributed by atoms with van der Waals surface area (Å²) in [7, 11) is 1.36. The number of hydrogen-bond acceptors (Lipinski definition) is 6. The highest BCUT2D eigenvalue weighted by Crippen LogP contribution is 2.23. The van der Waals surface area contributed by atoms with E-state index < -0.39 is 0 Å². The van der Waals surface area contributed by atoms with E-state index in [1.165, 1.54) is 12.7 Å². The highest BCUT2D eigenvalue weighted by molar-refractivity contribution is 5.90. The molecule has 0 aliphatic heterocycles. The van der Waals surface area contributed by atoms with Gasteiger partial charge in [-0.2, -0.15) is 4.98 Å². The number of aryl methyl sites for hydroxylation is 3. The Balaban J connectivity index is 1.84. The van der Waals surface area contributed by atoms with Crippen LogP contribution in [0.15, 0.2) is 48.5 Å². The zero-order valence-corrected chi connectivity index (χ0v) is 15.8. The van der Waals surface area contributed by atoms with Gasteiger partial charge in [0.25, 0.3) is 0 Å². The maximum atomic E-state index is 11.7. The fourth-order valence-electron chi connectivity index (χ4n) is 2.75. The zero-order valence-electron chi connectivity index (χ0n) is 15.8. The van der Waals surface area contributed by atoms with Gasteiger partial charge in [-0.3, -0.25) is 0 Å². The molecule has 6 heteroatoms. The van der Waals surface area contributed by atoms with Crippen LogP contribution in [0.25, 0.3) is 0 Å². The van der Waals surface area contributed by atoms with Crippen molar-refractivity contribution in [2.45, 2.75) is 20.8 Å². The second-order valence-electron chi connectivity index (χ2n) is 6.36. The number of esters is 1. The van der Waals surface area contributed by atoms with Gasteiger partial charge in [0.15, 0.2) is 0 Å². The summed E-state index contributed by atoms with van der Waals surface area (Å²) in [6.07, 6.45) is 0. The number of carbonyl (C=O) groups is 1. The molecule has 0 bridgehead atoms. The summed E-state index contributed by atoms with van der Waals surface area (Å²) in [5.41, 5.74) is 5.35. The van der Waals surface area contributed by atoms with Crippen LogP contribution in [-0.2, 0) is 4.74 Å². The van der Waals surface area contributed by atoms with Gasteiger partial charge in [0.2, 0.25) is 5.95 Å². The predicted molar refractivity (Wildman–Crippen MR) is 107 cm³/mol. The first kappa shape index (κ1) is 18.4. The second kappa shape index (κ2) is 7.86. The molecule has 0 aliphatic rings. The Morgan fingerprint density at radius 1 is 0.963 bits per heavy atom. The van der Waals surface area contributed by atoms with Crippen LogP contribution < -0.4 is 10.6 Å². The molecular formula is C21H22N4O2. The van der Waals surface area contributed by atoms with E-state index in [2.05, 4.69) is 46.6 Å². The zero-order chi connectivity index (χ0) is 19.4. The number of aromatic nitrogens is 2. The highest BCUT2D eigenvalue weighted by Gasteiger charge is 2.08. The van der Waals surface area contributed by atoms with E-state index in [9.17, 15) is 4.79 Å². The van der Waals surface area contributed by atoms with Crippen LogP contribution in [0.4, 0.5) is 23.1 Å². The lowest BCUT2D eigenvalue weighted by Gasteiger charge is -2.12. The molecule has 0 amide bonds. The van der Waals surface area contributed by atoms with Gasteiger partial charge < -0.3 is 15.4 Å². The van der Waals surface area contributed by atoms with Crippen LogP contribution in [0, 0.1) is 20.8 Å². The van der Waals surface area contributed by atoms with Gasteiger partial charge >= 0.3 is 5.97 Å². The van der Waals surface area contributed by atoms with Crippen molar-refractivity contribution in [3.8, 4) is 0 Å². The lowest BCUT2D eigenvalue weighted by atomic mass is 10.1. The monoisotopic (exact) mass is 362 g/mol. The summed E-state index contributed by atoms with van der Waals surface area (Å²) in [4.78, 5) is 20.7. The molecule has 138 valence electrons. The van der Waals surface area contributed by atoms with Gasteiger partial charge in [0, 0.05) is 23.1 Å². The number of nitrogens with zero attached hydrogens (tertiary/aromatic N) is 2. The summed E-state index contributed by atoms with van der Waals surface area (Å²) in [5.74, 6) is 0.756. The van der Waals surface area contributed by atoms with E-state index in [0.29, 0.717) is 23.0 Å². The van der Waals surface area contributed by atoms with E-state index in [4.69, 9.17) is 4.74 Å². The van der Waals surface area contributed by atoms with Gasteiger partial charge in [-0.15, -0.1) is 0 Å². The summed E-state index contributed by atoms with van der Waals surface area (Å²) >= 11 is 0. The third-order valence-corrected chi connectivity index (χ3v) is 4.04. The number of nitrogens with one attached hydrogen (secondary N) is 2. The summed E-state index contributed by atoms with van der Waals surface area (Å²) in [6, 6.07) is 15.1. The van der Waals surface area contributed by atoms with Crippen LogP contribution in [0.2, 0.25) is 0 Å². The quantitative estimate of drug-likeness (QED) is 0.642. The number of methoxy groups -OCH3 is 1. The molecule has 0 saturated heterocycles. The van der Waals surface area contributed by atoms with Crippen molar-refractivity contribution in [1.29, 1.82) is 0 Å². The molecular weight excluding hydrogens is 340 g/mol. The number of ether oxygens (including phenoxy) is 1. The minimum Gasteiger partial charge on any atom is -0.465 e. The minimum atomic E-state index is -0.388. The number of rotatable bonds is 5. The average molecular weight is 362 g/mol. The maximum absolute atomic E-state index is 11.7. The first-order chi connectivity index (χ1) is 12.9. The molecule has 1 aromatic heterocycles. The Morgan fingerprint density at radius 2 is 1.78 bits per heavy atom. The molecule has 0 saturated carbocycles. The van der Waals surface area contributed by atoms with Crippen LogP contribution >= 0.6 is 0 Å². The first-order valence-corrected chi connectivity index (χ1v) is 8.60. The fraction of sp³-hybridized carbons (Fsp3) is 0.190. The maximum Gasteiger partial charge on any atom is 0.337 e. The third-order valence-electron chi connectivity index (χ3n) is 4.04. The first-order valence-electron chi connectivity index (χ1n) is 8.60. The molecule has 1 heterocycles. The number of benzene rings is 2. The van der Waals surface area contributed by atoms with E-state index in [-0.39, 0.29) is 5.97 Å². The number of hydrogen-bond donors (Lipinski definition) is 2. The Kier molecular flexibility index (Phi) is 5.35. The molecule has 0 fully saturated rings. The molecule has 0 spiro atoms. The second-order valence-corrected chi connectivity index (χ2v) is 6.36. The van der Waals surface area contributed by atoms with Crippen molar-refractivity contribution >= 4 is 29.1 Å².